The molecule has 0 amide bonds. The van der Waals surface area contributed by atoms with Crippen molar-refractivity contribution in [1.82, 2.24) is 0 Å². The Morgan fingerprint density at radius 2 is 0.967 bits per heavy atom. The number of halogens is 2. The van der Waals surface area contributed by atoms with E-state index in [1.54, 1.807) is 12.1 Å². The summed E-state index contributed by atoms with van der Waals surface area (Å²) in [7, 11) is 0. The monoisotopic (exact) mass is 534 g/mol. The number of ether oxygens (including phenoxy) is 2. The third-order valence-corrected chi connectivity index (χ3v) is 5.63. The zero-order valence-electron chi connectivity index (χ0n) is 17.2. The van der Waals surface area contributed by atoms with Crippen LogP contribution in [0.1, 0.15) is 27.7 Å². The molecule has 0 aliphatic heterocycles. The van der Waals surface area contributed by atoms with E-state index in [1.807, 2.05) is 64.1 Å². The molecule has 0 saturated carbocycles. The van der Waals surface area contributed by atoms with Gasteiger partial charge < -0.3 is 19.7 Å². The molecule has 0 aromatic heterocycles. The van der Waals surface area contributed by atoms with Crippen LogP contribution in [-0.2, 0) is 0 Å². The zero-order chi connectivity index (χ0) is 22.0. The fourth-order valence-electron chi connectivity index (χ4n) is 3.13. The number of hydrogen-bond donors (Lipinski definition) is 2. The molecule has 2 N–H and O–H groups in total. The Balaban J connectivity index is 1.99. The van der Waals surface area contributed by atoms with E-state index in [2.05, 4.69) is 31.9 Å². The summed E-state index contributed by atoms with van der Waals surface area (Å²) in [5, 5.41) is 21.1. The van der Waals surface area contributed by atoms with E-state index in [-0.39, 0.29) is 23.7 Å². The summed E-state index contributed by atoms with van der Waals surface area (Å²) in [4.78, 5) is 0. The van der Waals surface area contributed by atoms with Crippen molar-refractivity contribution in [2.24, 2.45) is 0 Å². The van der Waals surface area contributed by atoms with Gasteiger partial charge in [-0.3, -0.25) is 0 Å². The topological polar surface area (TPSA) is 58.9 Å². The van der Waals surface area contributed by atoms with E-state index in [0.717, 1.165) is 20.1 Å². The number of aromatic hydroxyl groups is 2. The van der Waals surface area contributed by atoms with Crippen molar-refractivity contribution in [3.05, 3.63) is 57.5 Å². The van der Waals surface area contributed by atoms with E-state index in [9.17, 15) is 10.2 Å². The van der Waals surface area contributed by atoms with Gasteiger partial charge in [0.05, 0.1) is 12.2 Å². The van der Waals surface area contributed by atoms with Crippen LogP contribution in [0.4, 0.5) is 0 Å². The van der Waals surface area contributed by atoms with Gasteiger partial charge in [0.2, 0.25) is 0 Å². The molecule has 0 unspecified atom stereocenters. The summed E-state index contributed by atoms with van der Waals surface area (Å²) in [6, 6.07) is 14.4. The Morgan fingerprint density at radius 3 is 1.27 bits per heavy atom. The maximum absolute atomic E-state index is 10.5. The minimum absolute atomic E-state index is 0.0282. The van der Waals surface area contributed by atoms with Crippen molar-refractivity contribution in [2.75, 3.05) is 0 Å². The predicted octanol–water partition coefficient (Wildman–Crippen LogP) is 7.53. The highest BCUT2D eigenvalue weighted by Gasteiger charge is 2.16. The third kappa shape index (κ3) is 5.10. The lowest BCUT2D eigenvalue weighted by atomic mass is 9.99. The van der Waals surface area contributed by atoms with Crippen LogP contribution in [-0.4, -0.2) is 22.4 Å². The first kappa shape index (κ1) is 22.5. The van der Waals surface area contributed by atoms with E-state index in [4.69, 9.17) is 9.47 Å². The average Bonchev–Trinajstić information content (AvgIpc) is 2.63. The minimum Gasteiger partial charge on any atom is -0.507 e. The molecule has 3 aromatic carbocycles. The van der Waals surface area contributed by atoms with Gasteiger partial charge in [-0.15, -0.1) is 0 Å². The first-order valence-electron chi connectivity index (χ1n) is 9.65. The van der Waals surface area contributed by atoms with Gasteiger partial charge in [0, 0.05) is 43.3 Å². The van der Waals surface area contributed by atoms with Crippen LogP contribution in [0, 0.1) is 0 Å². The molecule has 0 radical (unpaired) electrons. The second kappa shape index (κ2) is 9.31. The number of rotatable bonds is 6. The first-order valence-corrected chi connectivity index (χ1v) is 11.2. The molecule has 30 heavy (non-hydrogen) atoms. The lowest BCUT2D eigenvalue weighted by molar-refractivity contribution is 0.241. The van der Waals surface area contributed by atoms with E-state index >= 15 is 0 Å². The van der Waals surface area contributed by atoms with E-state index in [1.165, 1.54) is 0 Å². The fourth-order valence-corrected chi connectivity index (χ4v) is 4.24. The van der Waals surface area contributed by atoms with E-state index in [0.29, 0.717) is 22.6 Å². The third-order valence-electron chi connectivity index (χ3n) is 4.32. The highest BCUT2D eigenvalue weighted by atomic mass is 79.9. The average molecular weight is 536 g/mol. The molecular formula is C24H24Br2O4. The summed E-state index contributed by atoms with van der Waals surface area (Å²) >= 11 is 7.22. The number of hydrogen-bond acceptors (Lipinski definition) is 4. The maximum atomic E-state index is 10.5. The highest BCUT2D eigenvalue weighted by molar-refractivity contribution is 9.11. The quantitative estimate of drug-likeness (QED) is 0.342. The molecule has 6 heteroatoms. The van der Waals surface area contributed by atoms with Crippen LogP contribution < -0.4 is 9.47 Å². The molecular weight excluding hydrogens is 512 g/mol. The van der Waals surface area contributed by atoms with Crippen LogP contribution in [0.15, 0.2) is 57.5 Å². The number of phenols is 2. The standard InChI is InChI=1S/C24H24Br2O4/c1-13(2)29-15-5-7-17(23(27)9-15)19-11-22(26)20(12-21(19)25)18-8-6-16(10-24(18)28)30-14(3)4/h5-14,27-28H,1-4H3. The van der Waals surface area contributed by atoms with Gasteiger partial charge in [-0.05, 0) is 64.1 Å². The SMILES string of the molecule is CC(C)Oc1ccc(-c2cc(Br)c(-c3ccc(OC(C)C)cc3O)cc2Br)c(O)c1. The van der Waals surface area contributed by atoms with Crippen molar-refractivity contribution >= 4 is 31.9 Å². The van der Waals surface area contributed by atoms with Crippen molar-refractivity contribution in [2.45, 2.75) is 39.9 Å². The molecule has 0 atom stereocenters. The molecule has 0 aliphatic rings. The lowest BCUT2D eigenvalue weighted by Gasteiger charge is -2.16. The van der Waals surface area contributed by atoms with Gasteiger partial charge in [0.15, 0.2) is 0 Å². The second-order valence-electron chi connectivity index (χ2n) is 7.50. The van der Waals surface area contributed by atoms with Crippen LogP contribution in [0.5, 0.6) is 23.0 Å². The van der Waals surface area contributed by atoms with E-state index < -0.39 is 0 Å². The van der Waals surface area contributed by atoms with Crippen LogP contribution in [0.2, 0.25) is 0 Å². The lowest BCUT2D eigenvalue weighted by Crippen LogP contribution is -2.05. The van der Waals surface area contributed by atoms with Crippen molar-refractivity contribution < 1.29 is 19.7 Å². The minimum atomic E-state index is 0.0282. The van der Waals surface area contributed by atoms with Gasteiger partial charge in [-0.2, -0.15) is 0 Å². The van der Waals surface area contributed by atoms with Gasteiger partial charge >= 0.3 is 0 Å². The van der Waals surface area contributed by atoms with Gasteiger partial charge in [0.1, 0.15) is 23.0 Å². The summed E-state index contributed by atoms with van der Waals surface area (Å²) in [5.74, 6) is 1.50. The largest absolute Gasteiger partial charge is 0.507 e. The second-order valence-corrected chi connectivity index (χ2v) is 9.21. The molecule has 4 nitrogen and oxygen atoms in total. The Labute approximate surface area is 193 Å². The molecule has 3 rings (SSSR count). The Kier molecular flexibility index (Phi) is 6.98. The van der Waals surface area contributed by atoms with Gasteiger partial charge in [-0.25, -0.2) is 0 Å². The Bertz CT molecular complexity index is 976. The smallest absolute Gasteiger partial charge is 0.127 e. The van der Waals surface area contributed by atoms with Crippen LogP contribution in [0.3, 0.4) is 0 Å². The van der Waals surface area contributed by atoms with Gasteiger partial charge in [0.25, 0.3) is 0 Å². The molecule has 0 fully saturated rings. The molecule has 0 saturated heterocycles. The zero-order valence-corrected chi connectivity index (χ0v) is 20.4. The summed E-state index contributed by atoms with van der Waals surface area (Å²) in [5.41, 5.74) is 2.99. The highest BCUT2D eigenvalue weighted by Crippen LogP contribution is 2.44. The maximum Gasteiger partial charge on any atom is 0.127 e. The Morgan fingerprint density at radius 1 is 0.600 bits per heavy atom. The summed E-state index contributed by atoms with van der Waals surface area (Å²) in [6.07, 6.45) is 0.0563. The summed E-state index contributed by atoms with van der Waals surface area (Å²) in [6.45, 7) is 7.76. The first-order chi connectivity index (χ1) is 14.2. The molecule has 0 bridgehead atoms. The van der Waals surface area contributed by atoms with Crippen molar-refractivity contribution in [3.63, 3.8) is 0 Å². The summed E-state index contributed by atoms with van der Waals surface area (Å²) < 4.78 is 12.9. The Hall–Kier alpha value is -2.18. The molecule has 0 heterocycles. The molecule has 158 valence electrons. The predicted molar refractivity (Wildman–Crippen MR) is 128 cm³/mol. The molecule has 3 aromatic rings. The van der Waals surface area contributed by atoms with Crippen molar-refractivity contribution in [3.8, 4) is 45.3 Å². The number of benzene rings is 3. The number of phenolic OH excluding ortho intramolecular Hbond substituents is 2. The van der Waals surface area contributed by atoms with Crippen molar-refractivity contribution in [1.29, 1.82) is 0 Å². The van der Waals surface area contributed by atoms with Gasteiger partial charge in [-0.1, -0.05) is 31.9 Å². The molecule has 0 aliphatic carbocycles. The fraction of sp³-hybridized carbons (Fsp3) is 0.250. The van der Waals surface area contributed by atoms with Crippen LogP contribution in [0.25, 0.3) is 22.3 Å². The molecule has 0 spiro atoms. The normalized spacial score (nSPS) is 11.2. The van der Waals surface area contributed by atoms with Crippen LogP contribution >= 0.6 is 31.9 Å².